The van der Waals surface area contributed by atoms with E-state index in [1.54, 1.807) is 12.0 Å². The number of methoxy groups -OCH3 is 1. The lowest BCUT2D eigenvalue weighted by molar-refractivity contribution is -0.131. The summed E-state index contributed by atoms with van der Waals surface area (Å²) < 4.78 is 11.7. The molecule has 1 aromatic carbocycles. The Hall–Kier alpha value is -2.87. The van der Waals surface area contributed by atoms with E-state index in [0.29, 0.717) is 13.0 Å². The first-order valence-corrected chi connectivity index (χ1v) is 12.6. The number of hydrogen-bond acceptors (Lipinski definition) is 6. The Morgan fingerprint density at radius 2 is 2.03 bits per heavy atom. The van der Waals surface area contributed by atoms with E-state index in [1.807, 2.05) is 44.2 Å². The number of carbonyl (C=O) groups excluding carboxylic acids is 2. The number of amides is 2. The molecule has 2 amide bonds. The zero-order chi connectivity index (χ0) is 25.4. The summed E-state index contributed by atoms with van der Waals surface area (Å²) >= 11 is 0. The number of carbonyl (C=O) groups is 2. The van der Waals surface area contributed by atoms with Crippen LogP contribution in [0.1, 0.15) is 71.4 Å². The molecule has 0 saturated carbocycles. The van der Waals surface area contributed by atoms with Crippen LogP contribution in [0, 0.1) is 5.92 Å². The minimum atomic E-state index is -0.528. The Morgan fingerprint density at radius 1 is 1.31 bits per heavy atom. The van der Waals surface area contributed by atoms with Gasteiger partial charge in [-0.1, -0.05) is 38.1 Å². The first-order chi connectivity index (χ1) is 16.6. The summed E-state index contributed by atoms with van der Waals surface area (Å²) in [5.74, 6) is 0.517. The van der Waals surface area contributed by atoms with Crippen molar-refractivity contribution in [3.8, 4) is 5.75 Å². The number of hydrogen-bond donors (Lipinski definition) is 2. The molecule has 1 aliphatic carbocycles. The van der Waals surface area contributed by atoms with Crippen LogP contribution in [0.2, 0.25) is 0 Å². The summed E-state index contributed by atoms with van der Waals surface area (Å²) in [7, 11) is 1.62. The van der Waals surface area contributed by atoms with Crippen molar-refractivity contribution in [1.82, 2.24) is 10.2 Å². The van der Waals surface area contributed by atoms with Gasteiger partial charge in [0.05, 0.1) is 30.0 Å². The minimum Gasteiger partial charge on any atom is -0.487 e. The lowest BCUT2D eigenvalue weighted by atomic mass is 9.83. The third-order valence-electron chi connectivity index (χ3n) is 7.50. The normalized spacial score (nSPS) is 25.1. The number of para-hydroxylation sites is 1. The molecule has 190 valence electrons. The number of nitrogens with zero attached hydrogens (tertiary/aromatic N) is 2. The highest BCUT2D eigenvalue weighted by Gasteiger charge is 2.46. The average Bonchev–Trinajstić information content (AvgIpc) is 3.60. The second kappa shape index (κ2) is 9.64. The predicted molar refractivity (Wildman–Crippen MR) is 135 cm³/mol. The second-order valence-electron chi connectivity index (χ2n) is 10.5. The molecule has 0 fully saturated rings. The maximum Gasteiger partial charge on any atom is 0.232 e. The zero-order valence-electron chi connectivity index (χ0n) is 21.5. The Labute approximate surface area is 207 Å². The number of aliphatic imine (C=N–C) groups is 1. The molecule has 0 radical (unpaired) electrons. The number of rotatable bonds is 9. The molecule has 8 heteroatoms. The third-order valence-corrected chi connectivity index (χ3v) is 7.50. The molecule has 4 rings (SSSR count). The minimum absolute atomic E-state index is 0.0643. The lowest BCUT2D eigenvalue weighted by Crippen LogP contribution is -2.54. The smallest absolute Gasteiger partial charge is 0.232 e. The topological polar surface area (TPSA) is 106 Å². The van der Waals surface area contributed by atoms with E-state index in [9.17, 15) is 9.59 Å². The molecular formula is C27H38N4O4. The van der Waals surface area contributed by atoms with Gasteiger partial charge in [0.15, 0.2) is 5.96 Å². The van der Waals surface area contributed by atoms with Gasteiger partial charge in [-0.25, -0.2) is 4.99 Å². The van der Waals surface area contributed by atoms with Crippen molar-refractivity contribution in [3.05, 3.63) is 41.5 Å². The number of benzene rings is 1. The van der Waals surface area contributed by atoms with Crippen LogP contribution >= 0.6 is 0 Å². The largest absolute Gasteiger partial charge is 0.487 e. The highest BCUT2D eigenvalue weighted by atomic mass is 16.5. The molecule has 3 aliphatic rings. The fourth-order valence-corrected chi connectivity index (χ4v) is 5.38. The third kappa shape index (κ3) is 5.08. The molecule has 1 aromatic rings. The van der Waals surface area contributed by atoms with E-state index in [-0.39, 0.29) is 47.8 Å². The van der Waals surface area contributed by atoms with Crippen molar-refractivity contribution in [2.24, 2.45) is 16.6 Å². The van der Waals surface area contributed by atoms with Crippen molar-refractivity contribution in [1.29, 1.82) is 0 Å². The molecule has 2 heterocycles. The van der Waals surface area contributed by atoms with Crippen LogP contribution in [-0.4, -0.2) is 53.6 Å². The van der Waals surface area contributed by atoms with Gasteiger partial charge in [-0.05, 0) is 44.7 Å². The summed E-state index contributed by atoms with van der Waals surface area (Å²) in [5, 5.41) is 3.27. The number of nitrogens with two attached hydrogens (primary N) is 1. The van der Waals surface area contributed by atoms with Gasteiger partial charge in [0.2, 0.25) is 11.8 Å². The van der Waals surface area contributed by atoms with Crippen molar-refractivity contribution in [2.75, 3.05) is 13.7 Å². The zero-order valence-corrected chi connectivity index (χ0v) is 21.5. The second-order valence-corrected chi connectivity index (χ2v) is 10.5. The van der Waals surface area contributed by atoms with Gasteiger partial charge in [0.25, 0.3) is 0 Å². The van der Waals surface area contributed by atoms with E-state index in [1.165, 1.54) is 0 Å². The Kier molecular flexibility index (Phi) is 6.95. The number of fused-ring (bicyclic) bond motifs is 1. The summed E-state index contributed by atoms with van der Waals surface area (Å²) in [6, 6.07) is 7.45. The van der Waals surface area contributed by atoms with Crippen LogP contribution in [-0.2, 0) is 14.3 Å². The highest BCUT2D eigenvalue weighted by molar-refractivity contribution is 6.00. The van der Waals surface area contributed by atoms with Crippen LogP contribution in [0.5, 0.6) is 5.75 Å². The molecule has 0 aromatic heterocycles. The van der Waals surface area contributed by atoms with E-state index >= 15 is 0 Å². The predicted octanol–water partition coefficient (Wildman–Crippen LogP) is 3.47. The molecule has 2 aliphatic heterocycles. The van der Waals surface area contributed by atoms with Crippen molar-refractivity contribution in [3.63, 3.8) is 0 Å². The number of nitrogens with one attached hydrogen (secondary N) is 1. The Balaban J connectivity index is 1.51. The maximum absolute atomic E-state index is 13.4. The fourth-order valence-electron chi connectivity index (χ4n) is 5.38. The summed E-state index contributed by atoms with van der Waals surface area (Å²) in [6.07, 6.45) is 5.19. The number of ether oxygens (including phenoxy) is 2. The molecule has 35 heavy (non-hydrogen) atoms. The van der Waals surface area contributed by atoms with Gasteiger partial charge in [-0.15, -0.1) is 0 Å². The van der Waals surface area contributed by atoms with E-state index in [0.717, 1.165) is 36.1 Å². The Bertz CT molecular complexity index is 1040. The van der Waals surface area contributed by atoms with Crippen molar-refractivity contribution >= 4 is 17.8 Å². The fraction of sp³-hybridized carbons (Fsp3) is 0.593. The summed E-state index contributed by atoms with van der Waals surface area (Å²) in [4.78, 5) is 32.5. The van der Waals surface area contributed by atoms with Crippen LogP contribution in [0.25, 0.3) is 0 Å². The first kappa shape index (κ1) is 25.2. The number of guanidine groups is 1. The standard InChI is InChI=1S/C27H38N4O4/c1-6-27(7-2)15-20(17-10-8-9-11-22(17)35-27)29-24(33)19-14-18(19)21(12-13-34-5)31-23(32)16-26(3,4)30-25(31)28/h8-11,14,19-21H,6-7,12-13,15-16H2,1-5H3,(H2,28,30)(H,29,33)/t19-,20?,21-/m1/s1. The van der Waals surface area contributed by atoms with Crippen LogP contribution in [0.3, 0.4) is 0 Å². The monoisotopic (exact) mass is 482 g/mol. The van der Waals surface area contributed by atoms with E-state index in [4.69, 9.17) is 15.2 Å². The summed E-state index contributed by atoms with van der Waals surface area (Å²) in [5.41, 5.74) is 7.30. The van der Waals surface area contributed by atoms with Crippen molar-refractivity contribution in [2.45, 2.75) is 83.0 Å². The summed E-state index contributed by atoms with van der Waals surface area (Å²) in [6.45, 7) is 8.48. The van der Waals surface area contributed by atoms with Gasteiger partial charge >= 0.3 is 0 Å². The van der Waals surface area contributed by atoms with Gasteiger partial charge in [0, 0.05) is 25.7 Å². The molecule has 3 atom stereocenters. The van der Waals surface area contributed by atoms with Gasteiger partial charge < -0.3 is 20.5 Å². The van der Waals surface area contributed by atoms with E-state index < -0.39 is 5.54 Å². The molecular weight excluding hydrogens is 444 g/mol. The SMILES string of the molecule is CCC1(CC)CC(NC(=O)[C@@H]2C=C2[C@@H](CCOC)N2C(=O)CC(C)(C)N=C2N)c2ccccc2O1. The molecule has 3 N–H and O–H groups in total. The quantitative estimate of drug-likeness (QED) is 0.524. The highest BCUT2D eigenvalue weighted by Crippen LogP contribution is 2.44. The lowest BCUT2D eigenvalue weighted by Gasteiger charge is -2.41. The Morgan fingerprint density at radius 3 is 2.69 bits per heavy atom. The maximum atomic E-state index is 13.4. The van der Waals surface area contributed by atoms with E-state index in [2.05, 4.69) is 24.2 Å². The van der Waals surface area contributed by atoms with Crippen LogP contribution in [0.4, 0.5) is 0 Å². The molecule has 0 saturated heterocycles. The molecule has 1 unspecified atom stereocenters. The average molecular weight is 483 g/mol. The molecule has 0 bridgehead atoms. The van der Waals surface area contributed by atoms with Gasteiger partial charge in [-0.3, -0.25) is 14.5 Å². The van der Waals surface area contributed by atoms with Crippen molar-refractivity contribution < 1.29 is 19.1 Å². The van der Waals surface area contributed by atoms with Gasteiger partial charge in [0.1, 0.15) is 11.4 Å². The molecule has 0 spiro atoms. The van der Waals surface area contributed by atoms with Crippen LogP contribution < -0.4 is 15.8 Å². The molecule has 8 nitrogen and oxygen atoms in total. The van der Waals surface area contributed by atoms with Crippen LogP contribution in [0.15, 0.2) is 40.9 Å². The van der Waals surface area contributed by atoms with Gasteiger partial charge in [-0.2, -0.15) is 0 Å². The first-order valence-electron chi connectivity index (χ1n) is 12.6.